The second-order valence-corrected chi connectivity index (χ2v) is 6.60. The Morgan fingerprint density at radius 3 is 1.67 bits per heavy atom. The molecule has 18 heavy (non-hydrogen) atoms. The molecule has 0 fully saturated rings. The number of halogens is 1. The van der Waals surface area contributed by atoms with E-state index in [1.807, 2.05) is 24.3 Å². The fourth-order valence-electron chi connectivity index (χ4n) is 1.31. The van der Waals surface area contributed by atoms with Gasteiger partial charge in [-0.25, -0.2) is 8.42 Å². The highest BCUT2D eigenvalue weighted by Crippen LogP contribution is 2.08. The van der Waals surface area contributed by atoms with Crippen molar-refractivity contribution in [3.8, 4) is 0 Å². The molecular formula is C14H15ClO2S. The molecule has 0 unspecified atom stereocenters. The molecule has 2 nitrogen and oxygen atoms in total. The summed E-state index contributed by atoms with van der Waals surface area (Å²) in [6.07, 6.45) is 0. The predicted octanol–water partition coefficient (Wildman–Crippen LogP) is 3.75. The van der Waals surface area contributed by atoms with Crippen LogP contribution in [0.4, 0.5) is 0 Å². The molecule has 0 atom stereocenters. The van der Waals surface area contributed by atoms with Gasteiger partial charge in [0.25, 0.3) is 0 Å². The molecular weight excluding hydrogens is 268 g/mol. The van der Waals surface area contributed by atoms with Gasteiger partial charge in [-0.15, -0.1) is 0 Å². The van der Waals surface area contributed by atoms with E-state index in [2.05, 4.69) is 19.1 Å². The molecule has 0 N–H and O–H groups in total. The Hall–Kier alpha value is -1.32. The van der Waals surface area contributed by atoms with Crippen LogP contribution in [0.3, 0.4) is 0 Å². The molecule has 2 aromatic rings. The molecule has 4 heteroatoms. The van der Waals surface area contributed by atoms with E-state index in [0.717, 1.165) is 0 Å². The van der Waals surface area contributed by atoms with E-state index in [4.69, 9.17) is 10.7 Å². The summed E-state index contributed by atoms with van der Waals surface area (Å²) < 4.78 is 21.1. The van der Waals surface area contributed by atoms with E-state index in [9.17, 15) is 8.42 Å². The van der Waals surface area contributed by atoms with Gasteiger partial charge in [-0.1, -0.05) is 66.2 Å². The van der Waals surface area contributed by atoms with E-state index >= 15 is 0 Å². The number of rotatable bonds is 2. The van der Waals surface area contributed by atoms with Crippen LogP contribution >= 0.6 is 10.7 Å². The topological polar surface area (TPSA) is 34.1 Å². The lowest BCUT2D eigenvalue weighted by molar-refractivity contribution is 0.609. The molecule has 96 valence electrons. The highest BCUT2D eigenvalue weighted by molar-refractivity contribution is 8.13. The van der Waals surface area contributed by atoms with E-state index in [0.29, 0.717) is 5.56 Å². The highest BCUT2D eigenvalue weighted by Gasteiger charge is 2.04. The molecule has 0 aliphatic heterocycles. The minimum absolute atomic E-state index is 0.102. The van der Waals surface area contributed by atoms with Gasteiger partial charge in [-0.2, -0.15) is 0 Å². The summed E-state index contributed by atoms with van der Waals surface area (Å²) in [6.45, 7) is 2.08. The van der Waals surface area contributed by atoms with Crippen molar-refractivity contribution < 1.29 is 8.42 Å². The van der Waals surface area contributed by atoms with Crippen molar-refractivity contribution in [3.05, 3.63) is 71.8 Å². The zero-order chi connectivity index (χ0) is 13.4. The Bertz CT molecular complexity index is 551. The first-order valence-corrected chi connectivity index (χ1v) is 7.93. The lowest BCUT2D eigenvalue weighted by Gasteiger charge is -1.94. The first-order chi connectivity index (χ1) is 8.47. The Balaban J connectivity index is 0.000000199. The maximum atomic E-state index is 10.6. The van der Waals surface area contributed by atoms with Crippen LogP contribution in [0.25, 0.3) is 0 Å². The maximum absolute atomic E-state index is 10.6. The van der Waals surface area contributed by atoms with Crippen molar-refractivity contribution in [1.82, 2.24) is 0 Å². The first-order valence-electron chi connectivity index (χ1n) is 5.45. The summed E-state index contributed by atoms with van der Waals surface area (Å²) in [4.78, 5) is 0. The van der Waals surface area contributed by atoms with Crippen LogP contribution in [0.5, 0.6) is 0 Å². The van der Waals surface area contributed by atoms with E-state index in [1.165, 1.54) is 5.56 Å². The van der Waals surface area contributed by atoms with Gasteiger partial charge in [0.05, 0.1) is 5.75 Å². The van der Waals surface area contributed by atoms with Crippen molar-refractivity contribution in [2.75, 3.05) is 0 Å². The van der Waals surface area contributed by atoms with Crippen LogP contribution in [-0.2, 0) is 14.8 Å². The molecule has 0 saturated carbocycles. The maximum Gasteiger partial charge on any atom is 0.236 e. The third-order valence-electron chi connectivity index (χ3n) is 2.12. The van der Waals surface area contributed by atoms with E-state index in [-0.39, 0.29) is 5.75 Å². The molecule has 0 saturated heterocycles. The van der Waals surface area contributed by atoms with Gasteiger partial charge in [0.2, 0.25) is 9.05 Å². The second kappa shape index (κ2) is 7.19. The summed E-state index contributed by atoms with van der Waals surface area (Å²) in [5.74, 6) is -0.102. The zero-order valence-electron chi connectivity index (χ0n) is 10.1. The lowest BCUT2D eigenvalue weighted by Crippen LogP contribution is -1.93. The fourth-order valence-corrected chi connectivity index (χ4v) is 2.28. The summed E-state index contributed by atoms with van der Waals surface area (Å²) in [7, 11) is 1.63. The van der Waals surface area contributed by atoms with Crippen LogP contribution in [0.1, 0.15) is 11.1 Å². The normalized spacial score (nSPS) is 10.3. The predicted molar refractivity (Wildman–Crippen MR) is 76.1 cm³/mol. The Kier molecular flexibility index (Phi) is 5.89. The van der Waals surface area contributed by atoms with Crippen LogP contribution in [0, 0.1) is 6.92 Å². The molecule has 0 spiro atoms. The van der Waals surface area contributed by atoms with Gasteiger partial charge in [0.1, 0.15) is 0 Å². The molecule has 0 aliphatic carbocycles. The molecule has 0 bridgehead atoms. The molecule has 0 heterocycles. The van der Waals surface area contributed by atoms with Gasteiger partial charge in [0, 0.05) is 10.7 Å². The average Bonchev–Trinajstić information content (AvgIpc) is 2.30. The molecule has 0 aliphatic rings. The summed E-state index contributed by atoms with van der Waals surface area (Å²) in [5.41, 5.74) is 2.03. The average molecular weight is 283 g/mol. The largest absolute Gasteiger partial charge is 0.236 e. The quantitative estimate of drug-likeness (QED) is 0.786. The SMILES string of the molecule is Cc1ccccc1.O=S(=O)(Cl)Cc1ccccc1. The lowest BCUT2D eigenvalue weighted by atomic mass is 10.2. The third-order valence-corrected chi connectivity index (χ3v) is 3.13. The molecule has 0 radical (unpaired) electrons. The first kappa shape index (κ1) is 14.7. The minimum atomic E-state index is -3.40. The molecule has 2 aromatic carbocycles. The van der Waals surface area contributed by atoms with Crippen molar-refractivity contribution in [1.29, 1.82) is 0 Å². The highest BCUT2D eigenvalue weighted by atomic mass is 35.7. The minimum Gasteiger partial charge on any atom is -0.212 e. The monoisotopic (exact) mass is 282 g/mol. The number of aryl methyl sites for hydroxylation is 1. The fraction of sp³-hybridized carbons (Fsp3) is 0.143. The zero-order valence-corrected chi connectivity index (χ0v) is 11.7. The standard InChI is InChI=1S/C7H7ClO2S.C7H8/c8-11(9,10)6-7-4-2-1-3-5-7;1-7-5-3-2-4-6-7/h1-5H,6H2;2-6H,1H3. The summed E-state index contributed by atoms with van der Waals surface area (Å²) in [5, 5.41) is 0. The van der Waals surface area contributed by atoms with Gasteiger partial charge in [-0.3, -0.25) is 0 Å². The third kappa shape index (κ3) is 7.09. The smallest absolute Gasteiger partial charge is 0.212 e. The van der Waals surface area contributed by atoms with Gasteiger partial charge in [-0.05, 0) is 12.5 Å². The van der Waals surface area contributed by atoms with Crippen LogP contribution in [-0.4, -0.2) is 8.42 Å². The van der Waals surface area contributed by atoms with Crippen LogP contribution in [0.15, 0.2) is 60.7 Å². The number of benzene rings is 2. The van der Waals surface area contributed by atoms with Crippen molar-refractivity contribution >= 4 is 19.7 Å². The van der Waals surface area contributed by atoms with Crippen molar-refractivity contribution in [2.45, 2.75) is 12.7 Å². The molecule has 0 amide bonds. The molecule has 0 aromatic heterocycles. The summed E-state index contributed by atoms with van der Waals surface area (Å²) >= 11 is 0. The summed E-state index contributed by atoms with van der Waals surface area (Å²) in [6, 6.07) is 19.1. The Morgan fingerprint density at radius 1 is 0.889 bits per heavy atom. The van der Waals surface area contributed by atoms with Gasteiger partial charge < -0.3 is 0 Å². The number of hydrogen-bond acceptors (Lipinski definition) is 2. The van der Waals surface area contributed by atoms with Gasteiger partial charge >= 0.3 is 0 Å². The van der Waals surface area contributed by atoms with E-state index in [1.54, 1.807) is 24.3 Å². The Labute approximate surface area is 113 Å². The molecule has 2 rings (SSSR count). The number of hydrogen-bond donors (Lipinski definition) is 0. The van der Waals surface area contributed by atoms with Gasteiger partial charge in [0.15, 0.2) is 0 Å². The second-order valence-electron chi connectivity index (χ2n) is 3.82. The van der Waals surface area contributed by atoms with Crippen molar-refractivity contribution in [2.24, 2.45) is 0 Å². The van der Waals surface area contributed by atoms with Crippen LogP contribution < -0.4 is 0 Å². The van der Waals surface area contributed by atoms with E-state index < -0.39 is 9.05 Å². The van der Waals surface area contributed by atoms with Crippen LogP contribution in [0.2, 0.25) is 0 Å². The van der Waals surface area contributed by atoms with Crippen molar-refractivity contribution in [3.63, 3.8) is 0 Å². The Morgan fingerprint density at radius 2 is 1.33 bits per heavy atom.